The molecule has 4 nitrogen and oxygen atoms in total. The molecule has 1 heterocycles. The standard InChI is InChI=1S/C13H24N2O2/c1-2-17-11-5-7-15(8-6-11)13(16)9-12(14)10-3-4-10/h10-12H,2-9,14H2,1H3. The van der Waals surface area contributed by atoms with Crippen LogP contribution in [0.5, 0.6) is 0 Å². The van der Waals surface area contributed by atoms with E-state index >= 15 is 0 Å². The van der Waals surface area contributed by atoms with Crippen LogP contribution in [0.25, 0.3) is 0 Å². The first kappa shape index (κ1) is 12.8. The molecular formula is C13H24N2O2. The number of ether oxygens (including phenoxy) is 1. The van der Waals surface area contributed by atoms with Gasteiger partial charge in [-0.15, -0.1) is 0 Å². The van der Waals surface area contributed by atoms with Gasteiger partial charge in [0.15, 0.2) is 0 Å². The summed E-state index contributed by atoms with van der Waals surface area (Å²) in [7, 11) is 0. The van der Waals surface area contributed by atoms with E-state index in [1.165, 1.54) is 12.8 Å². The van der Waals surface area contributed by atoms with Crippen molar-refractivity contribution >= 4 is 5.91 Å². The Morgan fingerprint density at radius 2 is 2.00 bits per heavy atom. The summed E-state index contributed by atoms with van der Waals surface area (Å²) in [5.41, 5.74) is 5.99. The summed E-state index contributed by atoms with van der Waals surface area (Å²) in [6.45, 7) is 4.46. The molecule has 0 aromatic rings. The van der Waals surface area contributed by atoms with Crippen LogP contribution in [0.3, 0.4) is 0 Å². The van der Waals surface area contributed by atoms with Gasteiger partial charge in [0.1, 0.15) is 0 Å². The predicted octanol–water partition coefficient (Wildman–Crippen LogP) is 1.14. The van der Waals surface area contributed by atoms with Gasteiger partial charge in [0, 0.05) is 32.2 Å². The van der Waals surface area contributed by atoms with E-state index in [4.69, 9.17) is 10.5 Å². The largest absolute Gasteiger partial charge is 0.378 e. The third kappa shape index (κ3) is 3.68. The summed E-state index contributed by atoms with van der Waals surface area (Å²) in [6, 6.07) is 0.0899. The maximum absolute atomic E-state index is 12.0. The fraction of sp³-hybridized carbons (Fsp3) is 0.923. The Hall–Kier alpha value is -0.610. The SMILES string of the molecule is CCOC1CCN(C(=O)CC(N)C2CC2)CC1. The summed E-state index contributed by atoms with van der Waals surface area (Å²) >= 11 is 0. The molecule has 1 saturated heterocycles. The molecule has 1 unspecified atom stereocenters. The monoisotopic (exact) mass is 240 g/mol. The van der Waals surface area contributed by atoms with Crippen molar-refractivity contribution in [3.05, 3.63) is 0 Å². The molecule has 4 heteroatoms. The number of likely N-dealkylation sites (tertiary alicyclic amines) is 1. The number of nitrogens with zero attached hydrogens (tertiary/aromatic N) is 1. The van der Waals surface area contributed by atoms with Crippen LogP contribution >= 0.6 is 0 Å². The molecule has 2 rings (SSSR count). The third-order valence-corrected chi connectivity index (χ3v) is 3.83. The van der Waals surface area contributed by atoms with Crippen LogP contribution in [-0.4, -0.2) is 42.6 Å². The highest BCUT2D eigenvalue weighted by molar-refractivity contribution is 5.77. The highest BCUT2D eigenvalue weighted by atomic mass is 16.5. The zero-order valence-electron chi connectivity index (χ0n) is 10.7. The second-order valence-corrected chi connectivity index (χ2v) is 5.24. The molecule has 1 saturated carbocycles. The molecule has 0 aromatic heterocycles. The van der Waals surface area contributed by atoms with Gasteiger partial charge in [0.2, 0.25) is 5.91 Å². The van der Waals surface area contributed by atoms with Crippen molar-refractivity contribution in [2.75, 3.05) is 19.7 Å². The summed E-state index contributed by atoms with van der Waals surface area (Å²) in [4.78, 5) is 14.0. The summed E-state index contributed by atoms with van der Waals surface area (Å²) in [5, 5.41) is 0. The molecule has 98 valence electrons. The number of hydrogen-bond donors (Lipinski definition) is 1. The lowest BCUT2D eigenvalue weighted by Gasteiger charge is -2.32. The molecular weight excluding hydrogens is 216 g/mol. The number of carbonyl (C=O) groups excluding carboxylic acids is 1. The van der Waals surface area contributed by atoms with E-state index in [0.29, 0.717) is 18.4 Å². The molecule has 0 radical (unpaired) electrons. The van der Waals surface area contributed by atoms with Gasteiger partial charge >= 0.3 is 0 Å². The van der Waals surface area contributed by atoms with Gasteiger partial charge in [-0.2, -0.15) is 0 Å². The van der Waals surface area contributed by atoms with E-state index in [2.05, 4.69) is 0 Å². The van der Waals surface area contributed by atoms with Gasteiger partial charge in [0.25, 0.3) is 0 Å². The first-order chi connectivity index (χ1) is 8.20. The van der Waals surface area contributed by atoms with Crippen molar-refractivity contribution in [3.63, 3.8) is 0 Å². The number of rotatable bonds is 5. The first-order valence-corrected chi connectivity index (χ1v) is 6.85. The average molecular weight is 240 g/mol. The smallest absolute Gasteiger partial charge is 0.224 e. The molecule has 2 fully saturated rings. The van der Waals surface area contributed by atoms with Crippen LogP contribution in [0.2, 0.25) is 0 Å². The highest BCUT2D eigenvalue weighted by Crippen LogP contribution is 2.33. The van der Waals surface area contributed by atoms with Crippen molar-refractivity contribution < 1.29 is 9.53 Å². The Kier molecular flexibility index (Phi) is 4.40. The fourth-order valence-corrected chi connectivity index (χ4v) is 2.53. The topological polar surface area (TPSA) is 55.6 Å². The average Bonchev–Trinajstić information content (AvgIpc) is 3.14. The van der Waals surface area contributed by atoms with E-state index in [1.54, 1.807) is 0 Å². The van der Waals surface area contributed by atoms with Crippen molar-refractivity contribution in [2.45, 2.75) is 51.2 Å². The zero-order valence-corrected chi connectivity index (χ0v) is 10.7. The van der Waals surface area contributed by atoms with Gasteiger partial charge in [-0.05, 0) is 38.5 Å². The molecule has 17 heavy (non-hydrogen) atoms. The quantitative estimate of drug-likeness (QED) is 0.784. The second-order valence-electron chi connectivity index (χ2n) is 5.24. The molecule has 1 atom stereocenters. The minimum Gasteiger partial charge on any atom is -0.378 e. The van der Waals surface area contributed by atoms with Gasteiger partial charge in [-0.1, -0.05) is 0 Å². The fourth-order valence-electron chi connectivity index (χ4n) is 2.53. The van der Waals surface area contributed by atoms with Crippen LogP contribution in [0.15, 0.2) is 0 Å². The van der Waals surface area contributed by atoms with Gasteiger partial charge in [-0.25, -0.2) is 0 Å². The van der Waals surface area contributed by atoms with Crippen LogP contribution in [-0.2, 0) is 9.53 Å². The minimum atomic E-state index is 0.0899. The first-order valence-electron chi connectivity index (χ1n) is 6.85. The van der Waals surface area contributed by atoms with Crippen molar-refractivity contribution in [3.8, 4) is 0 Å². The van der Waals surface area contributed by atoms with E-state index in [-0.39, 0.29) is 11.9 Å². The second kappa shape index (κ2) is 5.83. The van der Waals surface area contributed by atoms with Gasteiger partial charge in [-0.3, -0.25) is 4.79 Å². The molecule has 0 bridgehead atoms. The summed E-state index contributed by atoms with van der Waals surface area (Å²) < 4.78 is 5.58. The summed E-state index contributed by atoms with van der Waals surface area (Å²) in [5.74, 6) is 0.847. The number of carbonyl (C=O) groups is 1. The summed E-state index contributed by atoms with van der Waals surface area (Å²) in [6.07, 6.45) is 5.24. The van der Waals surface area contributed by atoms with Crippen LogP contribution in [0.1, 0.15) is 39.0 Å². The predicted molar refractivity (Wildman–Crippen MR) is 66.5 cm³/mol. The molecule has 2 aliphatic rings. The Balaban J connectivity index is 1.70. The zero-order chi connectivity index (χ0) is 12.3. The maximum atomic E-state index is 12.0. The Bertz CT molecular complexity index is 258. The molecule has 2 N–H and O–H groups in total. The number of hydrogen-bond acceptors (Lipinski definition) is 3. The van der Waals surface area contributed by atoms with Gasteiger partial charge in [0.05, 0.1) is 6.10 Å². The van der Waals surface area contributed by atoms with Gasteiger partial charge < -0.3 is 15.4 Å². The van der Waals surface area contributed by atoms with E-state index in [9.17, 15) is 4.79 Å². The Morgan fingerprint density at radius 3 is 2.53 bits per heavy atom. The Morgan fingerprint density at radius 1 is 1.35 bits per heavy atom. The van der Waals surface area contributed by atoms with Crippen LogP contribution in [0, 0.1) is 5.92 Å². The molecule has 1 aliphatic heterocycles. The normalized spacial score (nSPS) is 23.8. The Labute approximate surface area is 103 Å². The van der Waals surface area contributed by atoms with Crippen molar-refractivity contribution in [2.24, 2.45) is 11.7 Å². The molecule has 0 aromatic carbocycles. The third-order valence-electron chi connectivity index (χ3n) is 3.83. The minimum absolute atomic E-state index is 0.0899. The van der Waals surface area contributed by atoms with E-state index in [0.717, 1.165) is 32.5 Å². The highest BCUT2D eigenvalue weighted by Gasteiger charge is 2.31. The molecule has 1 amide bonds. The van der Waals surface area contributed by atoms with E-state index in [1.807, 2.05) is 11.8 Å². The lowest BCUT2D eigenvalue weighted by Crippen LogP contribution is -2.43. The lowest BCUT2D eigenvalue weighted by molar-refractivity contribution is -0.134. The van der Waals surface area contributed by atoms with E-state index < -0.39 is 0 Å². The van der Waals surface area contributed by atoms with Crippen LogP contribution in [0.4, 0.5) is 0 Å². The lowest BCUT2D eigenvalue weighted by atomic mass is 10.1. The maximum Gasteiger partial charge on any atom is 0.224 e. The van der Waals surface area contributed by atoms with Crippen molar-refractivity contribution in [1.29, 1.82) is 0 Å². The molecule has 0 spiro atoms. The number of amides is 1. The molecule has 1 aliphatic carbocycles. The number of piperidine rings is 1. The number of nitrogens with two attached hydrogens (primary N) is 1. The van der Waals surface area contributed by atoms with Crippen LogP contribution < -0.4 is 5.73 Å². The van der Waals surface area contributed by atoms with Crippen molar-refractivity contribution in [1.82, 2.24) is 4.90 Å².